The molecule has 3 rings (SSSR count). The molecule has 8 nitrogen and oxygen atoms in total. The molecule has 1 amide bonds. The predicted molar refractivity (Wildman–Crippen MR) is 215 cm³/mol. The summed E-state index contributed by atoms with van der Waals surface area (Å²) >= 11 is 0. The van der Waals surface area contributed by atoms with Crippen molar-refractivity contribution in [1.29, 1.82) is 0 Å². The van der Waals surface area contributed by atoms with Gasteiger partial charge in [-0.05, 0) is 84.7 Å². The van der Waals surface area contributed by atoms with Crippen LogP contribution in [0.5, 0.6) is 0 Å². The predicted octanol–water partition coefficient (Wildman–Crippen LogP) is 9.93. The summed E-state index contributed by atoms with van der Waals surface area (Å²) in [6, 6.07) is 20.2. The van der Waals surface area contributed by atoms with Crippen LogP contribution in [-0.2, 0) is 31.7 Å². The minimum Gasteiger partial charge on any atom is -0.481 e. The van der Waals surface area contributed by atoms with Gasteiger partial charge in [0.25, 0.3) is 10.1 Å². The van der Waals surface area contributed by atoms with Crippen LogP contribution in [0.4, 0.5) is 5.69 Å². The maximum atomic E-state index is 12.5. The molecule has 0 fully saturated rings. The number of amides is 1. The van der Waals surface area contributed by atoms with Gasteiger partial charge in [-0.2, -0.15) is 8.42 Å². The SMILES string of the molecule is CCCCCCC\C=C(/C=C/C=C/N(C(C)=O)c1ccccc1)C(C)(CCCCCC(=O)O)c1cc(-c2cc[n+](CCCS(=O)(=O)O)cc2)ccc1C. The van der Waals surface area contributed by atoms with E-state index in [1.54, 1.807) is 18.0 Å². The lowest BCUT2D eigenvalue weighted by molar-refractivity contribution is -0.696. The molecule has 53 heavy (non-hydrogen) atoms. The molecule has 0 bridgehead atoms. The molecule has 3 aromatic rings. The molecule has 0 aliphatic rings. The second-order valence-electron chi connectivity index (χ2n) is 14.1. The fourth-order valence-corrected chi connectivity index (χ4v) is 7.22. The highest BCUT2D eigenvalue weighted by Crippen LogP contribution is 2.41. The Balaban J connectivity index is 2.03. The van der Waals surface area contributed by atoms with Gasteiger partial charge in [-0.1, -0.05) is 101 Å². The third kappa shape index (κ3) is 14.9. The first-order valence-corrected chi connectivity index (χ1v) is 20.6. The summed E-state index contributed by atoms with van der Waals surface area (Å²) in [6.45, 7) is 8.70. The Morgan fingerprint density at radius 2 is 1.57 bits per heavy atom. The van der Waals surface area contributed by atoms with Crippen LogP contribution in [0.25, 0.3) is 11.1 Å². The van der Waals surface area contributed by atoms with Crippen molar-refractivity contribution in [1.82, 2.24) is 0 Å². The van der Waals surface area contributed by atoms with E-state index in [9.17, 15) is 23.1 Å². The number of carbonyl (C=O) groups is 2. The van der Waals surface area contributed by atoms with E-state index in [0.29, 0.717) is 19.4 Å². The number of rotatable bonds is 23. The highest BCUT2D eigenvalue weighted by Gasteiger charge is 2.31. The molecule has 0 spiro atoms. The monoisotopic (exact) mass is 743 g/mol. The van der Waals surface area contributed by atoms with E-state index < -0.39 is 16.1 Å². The van der Waals surface area contributed by atoms with Gasteiger partial charge in [0.15, 0.2) is 12.4 Å². The van der Waals surface area contributed by atoms with Crippen LogP contribution in [0.15, 0.2) is 109 Å². The van der Waals surface area contributed by atoms with Gasteiger partial charge >= 0.3 is 5.97 Å². The molecule has 0 aliphatic carbocycles. The molecule has 1 unspecified atom stereocenters. The first kappa shape index (κ1) is 43.1. The lowest BCUT2D eigenvalue weighted by Gasteiger charge is -2.34. The van der Waals surface area contributed by atoms with Crippen LogP contribution < -0.4 is 9.47 Å². The number of carboxylic acid groups (broad SMARTS) is 1. The van der Waals surface area contributed by atoms with E-state index in [0.717, 1.165) is 48.9 Å². The number of nitrogens with zero attached hydrogens (tertiary/aromatic N) is 2. The number of para-hydroxylation sites is 1. The van der Waals surface area contributed by atoms with Crippen LogP contribution in [0, 0.1) is 6.92 Å². The molecule has 0 aliphatic heterocycles. The smallest absolute Gasteiger partial charge is 0.303 e. The van der Waals surface area contributed by atoms with Gasteiger partial charge in [-0.15, -0.1) is 0 Å². The topological polar surface area (TPSA) is 116 Å². The Kier molecular flexibility index (Phi) is 17.9. The van der Waals surface area contributed by atoms with E-state index in [1.165, 1.54) is 42.4 Å². The van der Waals surface area contributed by atoms with Crippen molar-refractivity contribution >= 4 is 27.7 Å². The third-order valence-corrected chi connectivity index (χ3v) is 10.6. The van der Waals surface area contributed by atoms with Crippen molar-refractivity contribution in [2.45, 2.75) is 117 Å². The molecular formula is C44H59N2O6S+. The number of benzene rings is 2. The van der Waals surface area contributed by atoms with Crippen LogP contribution in [0.3, 0.4) is 0 Å². The fourth-order valence-electron chi connectivity index (χ4n) is 6.73. The largest absolute Gasteiger partial charge is 0.481 e. The summed E-state index contributed by atoms with van der Waals surface area (Å²) in [5.74, 6) is -1.13. The molecular weight excluding hydrogens is 685 g/mol. The van der Waals surface area contributed by atoms with E-state index in [-0.39, 0.29) is 23.5 Å². The second-order valence-corrected chi connectivity index (χ2v) is 15.6. The van der Waals surface area contributed by atoms with Crippen molar-refractivity contribution in [3.63, 3.8) is 0 Å². The van der Waals surface area contributed by atoms with Gasteiger partial charge in [-0.3, -0.25) is 19.0 Å². The van der Waals surface area contributed by atoms with Crippen LogP contribution in [0.1, 0.15) is 109 Å². The number of aryl methyl sites for hydroxylation is 2. The van der Waals surface area contributed by atoms with Gasteiger partial charge in [0.1, 0.15) is 6.54 Å². The number of carboxylic acids is 1. The molecule has 1 heterocycles. The van der Waals surface area contributed by atoms with Crippen LogP contribution in [0.2, 0.25) is 0 Å². The molecule has 1 aromatic heterocycles. The van der Waals surface area contributed by atoms with E-state index >= 15 is 0 Å². The molecule has 0 saturated carbocycles. The number of allylic oxidation sites excluding steroid dienone is 5. The number of carbonyl (C=O) groups excluding carboxylic acids is 1. The van der Waals surface area contributed by atoms with Gasteiger partial charge in [0, 0.05) is 49.2 Å². The Morgan fingerprint density at radius 1 is 0.868 bits per heavy atom. The highest BCUT2D eigenvalue weighted by atomic mass is 32.2. The first-order valence-electron chi connectivity index (χ1n) is 19.0. The van der Waals surface area contributed by atoms with Crippen LogP contribution in [-0.4, -0.2) is 35.7 Å². The third-order valence-electron chi connectivity index (χ3n) is 9.75. The lowest BCUT2D eigenvalue weighted by atomic mass is 9.69. The van der Waals surface area contributed by atoms with Crippen molar-refractivity contribution in [2.24, 2.45) is 0 Å². The second kappa shape index (κ2) is 22.0. The maximum absolute atomic E-state index is 12.5. The molecule has 286 valence electrons. The fraction of sp³-hybridized carbons (Fsp3) is 0.432. The zero-order valence-corrected chi connectivity index (χ0v) is 32.9. The zero-order valence-electron chi connectivity index (χ0n) is 32.0. The lowest BCUT2D eigenvalue weighted by Crippen LogP contribution is -2.33. The molecule has 2 aromatic carbocycles. The summed E-state index contributed by atoms with van der Waals surface area (Å²) in [7, 11) is -4.00. The van der Waals surface area contributed by atoms with Crippen molar-refractivity contribution in [3.8, 4) is 11.1 Å². The molecule has 0 saturated heterocycles. The number of anilines is 1. The molecule has 2 N–H and O–H groups in total. The average molecular weight is 744 g/mol. The number of pyridine rings is 1. The Bertz CT molecular complexity index is 1800. The summed E-state index contributed by atoms with van der Waals surface area (Å²) < 4.78 is 33.3. The Morgan fingerprint density at radius 3 is 2.23 bits per heavy atom. The standard InChI is InChI=1S/C44H58N2O6S/c1-5-6-7-8-9-12-20-40(21-16-18-31-46(37(3)47)41-22-13-10-14-23-41)44(4,29-17-11-15-24-43(48)49)42-35-39(26-25-36(42)2)38-27-32-45(33-28-38)30-19-34-53(50,51)52/h10,13-14,16,18,20-23,25-28,31-33,35H,5-9,11-12,15,17,19,24,29-30,34H2,1-4H3,(H-,48,49,50,51,52)/p+1/b21-16+,31-18+,40-20+. The van der Waals surface area contributed by atoms with E-state index in [1.807, 2.05) is 71.6 Å². The van der Waals surface area contributed by atoms with Crippen molar-refractivity contribution in [2.75, 3.05) is 10.7 Å². The number of hydrogen-bond donors (Lipinski definition) is 2. The van der Waals surface area contributed by atoms with E-state index in [2.05, 4.69) is 51.1 Å². The van der Waals surface area contributed by atoms with Gasteiger partial charge in [0.2, 0.25) is 5.91 Å². The van der Waals surface area contributed by atoms with Gasteiger partial charge in [-0.25, -0.2) is 4.57 Å². The number of aromatic nitrogens is 1. The molecule has 9 heteroatoms. The first-order chi connectivity index (χ1) is 25.3. The maximum Gasteiger partial charge on any atom is 0.303 e. The summed E-state index contributed by atoms with van der Waals surface area (Å²) in [5, 5.41) is 9.26. The van der Waals surface area contributed by atoms with Crippen molar-refractivity contribution in [3.05, 3.63) is 120 Å². The quantitative estimate of drug-likeness (QED) is 0.0433. The normalized spacial score (nSPS) is 13.4. The Hall–Kier alpha value is -4.34. The minimum absolute atomic E-state index is 0.0770. The van der Waals surface area contributed by atoms with Gasteiger partial charge < -0.3 is 5.11 Å². The number of aliphatic carboxylic acids is 1. The number of unbranched alkanes of at least 4 members (excludes halogenated alkanes) is 7. The van der Waals surface area contributed by atoms with Gasteiger partial charge in [0.05, 0.1) is 5.75 Å². The Labute approximate surface area is 317 Å². The number of hydrogen-bond acceptors (Lipinski definition) is 4. The summed E-state index contributed by atoms with van der Waals surface area (Å²) in [4.78, 5) is 25.4. The van der Waals surface area contributed by atoms with Crippen molar-refractivity contribution < 1.29 is 32.2 Å². The summed E-state index contributed by atoms with van der Waals surface area (Å²) in [5.41, 5.74) is 6.08. The highest BCUT2D eigenvalue weighted by molar-refractivity contribution is 7.85. The van der Waals surface area contributed by atoms with E-state index in [4.69, 9.17) is 4.55 Å². The molecule has 0 radical (unpaired) electrons. The summed E-state index contributed by atoms with van der Waals surface area (Å²) in [6.07, 6.45) is 24.6. The molecule has 1 atom stereocenters. The zero-order chi connectivity index (χ0) is 38.7. The average Bonchev–Trinajstić information content (AvgIpc) is 3.12. The van der Waals surface area contributed by atoms with Crippen LogP contribution >= 0.6 is 0 Å². The minimum atomic E-state index is -4.00.